The Morgan fingerprint density at radius 1 is 0.967 bits per heavy atom. The van der Waals surface area contributed by atoms with Crippen LogP contribution in [0.3, 0.4) is 0 Å². The average molecular weight is 411 g/mol. The van der Waals surface area contributed by atoms with Crippen molar-refractivity contribution in [3.63, 3.8) is 0 Å². The zero-order valence-electron chi connectivity index (χ0n) is 17.9. The van der Waals surface area contributed by atoms with Crippen LogP contribution in [0, 0.1) is 0 Å². The van der Waals surface area contributed by atoms with Gasteiger partial charge in [-0.2, -0.15) is 5.10 Å². The van der Waals surface area contributed by atoms with E-state index in [1.807, 2.05) is 23.1 Å². The molecule has 1 N–H and O–H groups in total. The third-order valence-corrected chi connectivity index (χ3v) is 7.15. The van der Waals surface area contributed by atoms with E-state index in [2.05, 4.69) is 19.9 Å². The molecule has 4 heterocycles. The van der Waals surface area contributed by atoms with Crippen LogP contribution in [0.15, 0.2) is 18.5 Å². The highest BCUT2D eigenvalue weighted by atomic mass is 16.3. The van der Waals surface area contributed by atoms with Gasteiger partial charge in [0.25, 0.3) is 0 Å². The molecule has 0 bridgehead atoms. The molecule has 2 aliphatic heterocycles. The first kappa shape index (κ1) is 19.9. The maximum atomic E-state index is 9.66. The van der Waals surface area contributed by atoms with Gasteiger partial charge in [-0.25, -0.2) is 9.97 Å². The molecular weight excluding hydrogens is 376 g/mol. The molecular formula is C23H34N6O. The Morgan fingerprint density at radius 2 is 1.80 bits per heavy atom. The lowest BCUT2D eigenvalue weighted by molar-refractivity contribution is 0.136. The van der Waals surface area contributed by atoms with E-state index in [9.17, 15) is 5.11 Å². The van der Waals surface area contributed by atoms with E-state index in [0.29, 0.717) is 18.6 Å². The Balaban J connectivity index is 1.50. The summed E-state index contributed by atoms with van der Waals surface area (Å²) in [6.07, 6.45) is 15.4. The first-order valence-electron chi connectivity index (χ1n) is 11.9. The topological polar surface area (TPSA) is 70.3 Å². The molecule has 1 saturated carbocycles. The fourth-order valence-corrected chi connectivity index (χ4v) is 5.72. The predicted molar refractivity (Wildman–Crippen MR) is 117 cm³/mol. The first-order valence-corrected chi connectivity index (χ1v) is 11.9. The molecule has 30 heavy (non-hydrogen) atoms. The maximum absolute atomic E-state index is 9.66. The summed E-state index contributed by atoms with van der Waals surface area (Å²) in [6, 6.07) is 3.06. The average Bonchev–Trinajstić information content (AvgIpc) is 3.55. The molecule has 0 radical (unpaired) electrons. The highest BCUT2D eigenvalue weighted by molar-refractivity contribution is 5.63. The largest absolute Gasteiger partial charge is 0.394 e. The summed E-state index contributed by atoms with van der Waals surface area (Å²) < 4.78 is 2.03. The smallest absolute Gasteiger partial charge is 0.225 e. The third kappa shape index (κ3) is 3.85. The van der Waals surface area contributed by atoms with Crippen molar-refractivity contribution in [2.24, 2.45) is 0 Å². The number of rotatable bonds is 6. The van der Waals surface area contributed by atoms with Crippen LogP contribution in [0.5, 0.6) is 0 Å². The van der Waals surface area contributed by atoms with Crippen LogP contribution in [0.2, 0.25) is 0 Å². The van der Waals surface area contributed by atoms with Crippen LogP contribution >= 0.6 is 0 Å². The van der Waals surface area contributed by atoms with Gasteiger partial charge < -0.3 is 10.0 Å². The van der Waals surface area contributed by atoms with Crippen LogP contribution in [-0.2, 0) is 6.54 Å². The highest BCUT2D eigenvalue weighted by Crippen LogP contribution is 2.41. The Hall–Kier alpha value is -1.99. The highest BCUT2D eigenvalue weighted by Gasteiger charge is 2.36. The zero-order chi connectivity index (χ0) is 20.3. The molecule has 5 rings (SSSR count). The van der Waals surface area contributed by atoms with Gasteiger partial charge in [0.05, 0.1) is 36.8 Å². The van der Waals surface area contributed by atoms with Crippen LogP contribution < -0.4 is 4.90 Å². The number of aromatic nitrogens is 4. The van der Waals surface area contributed by atoms with Gasteiger partial charge in [0.1, 0.15) is 0 Å². The van der Waals surface area contributed by atoms with Gasteiger partial charge in [0.2, 0.25) is 5.95 Å². The van der Waals surface area contributed by atoms with E-state index in [0.717, 1.165) is 36.7 Å². The number of likely N-dealkylation sites (tertiary alicyclic amines) is 1. The van der Waals surface area contributed by atoms with E-state index < -0.39 is 0 Å². The zero-order valence-corrected chi connectivity index (χ0v) is 17.9. The minimum absolute atomic E-state index is 0.104. The predicted octanol–water partition coefficient (Wildman–Crippen LogP) is 3.40. The summed E-state index contributed by atoms with van der Waals surface area (Å²) in [7, 11) is 0. The van der Waals surface area contributed by atoms with E-state index in [4.69, 9.17) is 4.98 Å². The second kappa shape index (κ2) is 9.02. The van der Waals surface area contributed by atoms with Crippen LogP contribution in [0.4, 0.5) is 5.95 Å². The van der Waals surface area contributed by atoms with Gasteiger partial charge in [-0.1, -0.05) is 19.3 Å². The molecule has 2 saturated heterocycles. The van der Waals surface area contributed by atoms with Crippen LogP contribution in [-0.4, -0.2) is 62.0 Å². The van der Waals surface area contributed by atoms with E-state index in [1.54, 1.807) is 0 Å². The van der Waals surface area contributed by atoms with Crippen molar-refractivity contribution in [1.82, 2.24) is 24.6 Å². The Bertz CT molecular complexity index is 840. The Labute approximate surface area is 179 Å². The maximum Gasteiger partial charge on any atom is 0.225 e. The molecule has 3 fully saturated rings. The fraction of sp³-hybridized carbons (Fsp3) is 0.696. The molecule has 2 aromatic rings. The number of nitrogens with zero attached hydrogens (tertiary/aromatic N) is 6. The SMILES string of the molecule is OCCn1ncc(-c2ccnc(N3CCCC3)n2)c1[C@@H]1CCCN1C1CCCCC1. The lowest BCUT2D eigenvalue weighted by Crippen LogP contribution is -2.37. The summed E-state index contributed by atoms with van der Waals surface area (Å²) in [4.78, 5) is 14.5. The van der Waals surface area contributed by atoms with Gasteiger partial charge in [-0.3, -0.25) is 9.58 Å². The monoisotopic (exact) mass is 410 g/mol. The minimum atomic E-state index is 0.104. The summed E-state index contributed by atoms with van der Waals surface area (Å²) in [5.41, 5.74) is 3.30. The van der Waals surface area contributed by atoms with E-state index in [1.165, 1.54) is 63.6 Å². The normalized spacial score (nSPS) is 23.5. The number of hydrogen-bond donors (Lipinski definition) is 1. The second-order valence-corrected chi connectivity index (χ2v) is 9.01. The fourth-order valence-electron chi connectivity index (χ4n) is 5.72. The van der Waals surface area contributed by atoms with Crippen LogP contribution in [0.25, 0.3) is 11.3 Å². The van der Waals surface area contributed by atoms with Crippen molar-refractivity contribution < 1.29 is 5.11 Å². The van der Waals surface area contributed by atoms with Crippen molar-refractivity contribution in [3.8, 4) is 11.3 Å². The summed E-state index contributed by atoms with van der Waals surface area (Å²) in [5.74, 6) is 0.835. The molecule has 1 aliphatic carbocycles. The number of aliphatic hydroxyl groups excluding tert-OH is 1. The number of hydrogen-bond acceptors (Lipinski definition) is 6. The van der Waals surface area contributed by atoms with E-state index in [-0.39, 0.29) is 6.61 Å². The summed E-state index contributed by atoms with van der Waals surface area (Å²) in [5, 5.41) is 14.4. The molecule has 1 atom stereocenters. The molecule has 0 unspecified atom stereocenters. The Kier molecular flexibility index (Phi) is 6.00. The molecule has 3 aliphatic rings. The van der Waals surface area contributed by atoms with E-state index >= 15 is 0 Å². The molecule has 2 aromatic heterocycles. The molecule has 0 aromatic carbocycles. The van der Waals surface area contributed by atoms with Crippen molar-refractivity contribution in [2.45, 2.75) is 76.4 Å². The van der Waals surface area contributed by atoms with Gasteiger partial charge in [0.15, 0.2) is 0 Å². The number of aliphatic hydroxyl groups is 1. The lowest BCUT2D eigenvalue weighted by Gasteiger charge is -2.36. The van der Waals surface area contributed by atoms with Crippen molar-refractivity contribution in [2.75, 3.05) is 31.1 Å². The van der Waals surface area contributed by atoms with Crippen LogP contribution in [0.1, 0.15) is 69.5 Å². The summed E-state index contributed by atoms with van der Waals surface area (Å²) >= 11 is 0. The standard InChI is InChI=1S/C23H34N6O/c30-16-15-29-22(21-9-6-14-28(21)18-7-2-1-3-8-18)19(17-25-29)20-10-11-24-23(26-20)27-12-4-5-13-27/h10-11,17-18,21,30H,1-9,12-16H2/t21-/m0/s1. The molecule has 162 valence electrons. The molecule has 0 amide bonds. The van der Waals surface area contributed by atoms with Gasteiger partial charge in [0, 0.05) is 30.9 Å². The third-order valence-electron chi connectivity index (χ3n) is 7.15. The van der Waals surface area contributed by atoms with Crippen molar-refractivity contribution >= 4 is 5.95 Å². The Morgan fingerprint density at radius 3 is 2.60 bits per heavy atom. The van der Waals surface area contributed by atoms with Crippen molar-refractivity contribution in [3.05, 3.63) is 24.2 Å². The first-order chi connectivity index (χ1) is 14.8. The summed E-state index contributed by atoms with van der Waals surface area (Å²) in [6.45, 7) is 3.89. The lowest BCUT2D eigenvalue weighted by atomic mass is 9.93. The molecule has 7 heteroatoms. The molecule has 7 nitrogen and oxygen atoms in total. The second-order valence-electron chi connectivity index (χ2n) is 9.01. The molecule has 0 spiro atoms. The van der Waals surface area contributed by atoms with Gasteiger partial charge in [-0.05, 0) is 51.1 Å². The van der Waals surface area contributed by atoms with Crippen molar-refractivity contribution in [1.29, 1.82) is 0 Å². The quantitative estimate of drug-likeness (QED) is 0.787. The van der Waals surface area contributed by atoms with Gasteiger partial charge >= 0.3 is 0 Å². The number of anilines is 1. The minimum Gasteiger partial charge on any atom is -0.394 e. The van der Waals surface area contributed by atoms with Gasteiger partial charge in [-0.15, -0.1) is 0 Å².